The van der Waals surface area contributed by atoms with Crippen LogP contribution in [0.15, 0.2) is 24.5 Å². The first kappa shape index (κ1) is 20.5. The largest absolute Gasteiger partial charge is 0.496 e. The number of fused-ring (bicyclic) bond motifs is 1. The van der Waals surface area contributed by atoms with Gasteiger partial charge in [-0.25, -0.2) is 4.98 Å². The second-order valence-corrected chi connectivity index (χ2v) is 6.31. The summed E-state index contributed by atoms with van der Waals surface area (Å²) in [4.78, 5) is 24.8. The SMILES string of the molecule is CCc1nccn1CCC(=O)NCc1cc2c(cc1OC)CCC2.O=CO. The van der Waals surface area contributed by atoms with E-state index in [1.165, 1.54) is 17.5 Å². The van der Waals surface area contributed by atoms with Gasteiger partial charge in [0.05, 0.1) is 7.11 Å². The van der Waals surface area contributed by atoms with Gasteiger partial charge in [0.15, 0.2) is 0 Å². The number of aromatic nitrogens is 2. The maximum absolute atomic E-state index is 12.2. The van der Waals surface area contributed by atoms with E-state index in [4.69, 9.17) is 14.6 Å². The van der Waals surface area contributed by atoms with E-state index in [-0.39, 0.29) is 12.4 Å². The molecule has 1 amide bonds. The van der Waals surface area contributed by atoms with Crippen molar-refractivity contribution in [2.24, 2.45) is 0 Å². The Morgan fingerprint density at radius 1 is 1.37 bits per heavy atom. The van der Waals surface area contributed by atoms with Crippen LogP contribution in [0.4, 0.5) is 0 Å². The zero-order valence-corrected chi connectivity index (χ0v) is 15.9. The van der Waals surface area contributed by atoms with Crippen molar-refractivity contribution < 1.29 is 19.4 Å². The number of aryl methyl sites for hydroxylation is 4. The minimum Gasteiger partial charge on any atom is -0.496 e. The number of amides is 1. The molecule has 2 N–H and O–H groups in total. The highest BCUT2D eigenvalue weighted by molar-refractivity contribution is 5.75. The first-order chi connectivity index (χ1) is 13.1. The van der Waals surface area contributed by atoms with Crippen molar-refractivity contribution in [1.29, 1.82) is 0 Å². The summed E-state index contributed by atoms with van der Waals surface area (Å²) < 4.78 is 7.53. The summed E-state index contributed by atoms with van der Waals surface area (Å²) in [5.74, 6) is 1.94. The Morgan fingerprint density at radius 2 is 2.07 bits per heavy atom. The van der Waals surface area contributed by atoms with Crippen LogP contribution in [0, 0.1) is 0 Å². The fourth-order valence-electron chi connectivity index (χ4n) is 3.34. The molecule has 7 heteroatoms. The van der Waals surface area contributed by atoms with Gasteiger partial charge in [0.25, 0.3) is 6.47 Å². The fourth-order valence-corrected chi connectivity index (χ4v) is 3.34. The topological polar surface area (TPSA) is 93.5 Å². The summed E-state index contributed by atoms with van der Waals surface area (Å²) in [6, 6.07) is 4.31. The smallest absolute Gasteiger partial charge is 0.290 e. The number of nitrogens with zero attached hydrogens (tertiary/aromatic N) is 2. The van der Waals surface area contributed by atoms with Gasteiger partial charge in [-0.2, -0.15) is 0 Å². The molecule has 3 rings (SSSR count). The fraction of sp³-hybridized carbons (Fsp3) is 0.450. The molecule has 0 fully saturated rings. The maximum atomic E-state index is 12.2. The molecular formula is C20H27N3O4. The summed E-state index contributed by atoms with van der Waals surface area (Å²) in [5, 5.41) is 9.90. The molecule has 1 aromatic carbocycles. The zero-order chi connectivity index (χ0) is 19.6. The van der Waals surface area contributed by atoms with E-state index in [1.807, 2.05) is 10.8 Å². The number of carboxylic acid groups (broad SMARTS) is 1. The van der Waals surface area contributed by atoms with E-state index >= 15 is 0 Å². The molecule has 1 aliphatic carbocycles. The highest BCUT2D eigenvalue weighted by Gasteiger charge is 2.15. The third kappa shape index (κ3) is 5.57. The number of carbonyl (C=O) groups excluding carboxylic acids is 1. The molecular weight excluding hydrogens is 346 g/mol. The quantitative estimate of drug-likeness (QED) is 0.727. The zero-order valence-electron chi connectivity index (χ0n) is 15.9. The van der Waals surface area contributed by atoms with E-state index in [0.717, 1.165) is 36.4 Å². The van der Waals surface area contributed by atoms with Crippen molar-refractivity contribution in [3.63, 3.8) is 0 Å². The van der Waals surface area contributed by atoms with Crippen molar-refractivity contribution in [2.75, 3.05) is 7.11 Å². The Bertz CT molecular complexity index is 771. The molecule has 146 valence electrons. The monoisotopic (exact) mass is 373 g/mol. The Kier molecular flexibility index (Phi) is 7.85. The summed E-state index contributed by atoms with van der Waals surface area (Å²) in [5.41, 5.74) is 3.84. The standard InChI is InChI=1S/C19H25N3O2.CH2O2/c1-3-18-20-8-10-22(18)9-7-19(23)21-13-16-11-14-5-4-6-15(14)12-17(16)24-2;2-1-3/h8,10-12H,3-7,9,13H2,1-2H3,(H,21,23);1H,(H,2,3). The molecule has 0 spiro atoms. The maximum Gasteiger partial charge on any atom is 0.290 e. The summed E-state index contributed by atoms with van der Waals surface area (Å²) >= 11 is 0. The number of methoxy groups -OCH3 is 1. The average Bonchev–Trinajstić information content (AvgIpc) is 3.32. The van der Waals surface area contributed by atoms with Gasteiger partial charge in [0, 0.05) is 43.9 Å². The number of hydrogen-bond acceptors (Lipinski definition) is 4. The van der Waals surface area contributed by atoms with Gasteiger partial charge in [-0.05, 0) is 36.5 Å². The van der Waals surface area contributed by atoms with Gasteiger partial charge in [-0.15, -0.1) is 0 Å². The van der Waals surface area contributed by atoms with Crippen LogP contribution in [0.2, 0.25) is 0 Å². The second-order valence-electron chi connectivity index (χ2n) is 6.31. The van der Waals surface area contributed by atoms with Crippen LogP contribution in [0.1, 0.15) is 42.3 Å². The van der Waals surface area contributed by atoms with E-state index < -0.39 is 0 Å². The lowest BCUT2D eigenvalue weighted by Gasteiger charge is -2.13. The second kappa shape index (κ2) is 10.4. The third-order valence-electron chi connectivity index (χ3n) is 4.67. The van der Waals surface area contributed by atoms with Crippen LogP contribution >= 0.6 is 0 Å². The van der Waals surface area contributed by atoms with Crippen molar-refractivity contribution in [3.8, 4) is 5.75 Å². The van der Waals surface area contributed by atoms with Crippen molar-refractivity contribution >= 4 is 12.4 Å². The molecule has 1 aliphatic rings. The van der Waals surface area contributed by atoms with E-state index in [1.54, 1.807) is 13.3 Å². The van der Waals surface area contributed by atoms with E-state index in [2.05, 4.69) is 29.4 Å². The molecule has 0 unspecified atom stereocenters. The number of benzene rings is 1. The van der Waals surface area contributed by atoms with E-state index in [9.17, 15) is 4.79 Å². The number of carbonyl (C=O) groups is 2. The van der Waals surface area contributed by atoms with Crippen LogP contribution < -0.4 is 10.1 Å². The Morgan fingerprint density at radius 3 is 2.74 bits per heavy atom. The minimum absolute atomic E-state index is 0.0494. The molecule has 0 radical (unpaired) electrons. The highest BCUT2D eigenvalue weighted by Crippen LogP contribution is 2.29. The van der Waals surface area contributed by atoms with Crippen LogP contribution in [0.3, 0.4) is 0 Å². The third-order valence-corrected chi connectivity index (χ3v) is 4.67. The van der Waals surface area contributed by atoms with Crippen LogP contribution in [-0.2, 0) is 41.9 Å². The van der Waals surface area contributed by atoms with Crippen molar-refractivity contribution in [1.82, 2.24) is 14.9 Å². The van der Waals surface area contributed by atoms with Crippen molar-refractivity contribution in [2.45, 2.75) is 52.1 Å². The van der Waals surface area contributed by atoms with E-state index in [0.29, 0.717) is 19.5 Å². The lowest BCUT2D eigenvalue weighted by atomic mass is 10.0. The summed E-state index contributed by atoms with van der Waals surface area (Å²) in [6.45, 7) is 3.00. The van der Waals surface area contributed by atoms with Crippen molar-refractivity contribution in [3.05, 3.63) is 47.0 Å². The molecule has 0 saturated carbocycles. The molecule has 7 nitrogen and oxygen atoms in total. The molecule has 0 aliphatic heterocycles. The summed E-state index contributed by atoms with van der Waals surface area (Å²) in [6.07, 6.45) is 8.50. The Labute approximate surface area is 159 Å². The Balaban J connectivity index is 0.000000817. The van der Waals surface area contributed by atoms with Gasteiger partial charge in [-0.3, -0.25) is 9.59 Å². The normalized spacial score (nSPS) is 11.9. The van der Waals surface area contributed by atoms with Gasteiger partial charge in [-0.1, -0.05) is 13.0 Å². The highest BCUT2D eigenvalue weighted by atomic mass is 16.5. The average molecular weight is 373 g/mol. The van der Waals surface area contributed by atoms with Gasteiger partial charge in [0.1, 0.15) is 11.6 Å². The first-order valence-corrected chi connectivity index (χ1v) is 9.16. The van der Waals surface area contributed by atoms with Gasteiger partial charge in [0.2, 0.25) is 5.91 Å². The molecule has 2 aromatic rings. The van der Waals surface area contributed by atoms with Gasteiger partial charge >= 0.3 is 0 Å². The first-order valence-electron chi connectivity index (χ1n) is 9.16. The summed E-state index contributed by atoms with van der Waals surface area (Å²) in [7, 11) is 1.69. The lowest BCUT2D eigenvalue weighted by molar-refractivity contribution is -0.123. The number of rotatable bonds is 7. The Hall–Kier alpha value is -2.83. The van der Waals surface area contributed by atoms with Crippen LogP contribution in [0.25, 0.3) is 0 Å². The van der Waals surface area contributed by atoms with Crippen LogP contribution in [0.5, 0.6) is 5.75 Å². The lowest BCUT2D eigenvalue weighted by Crippen LogP contribution is -2.24. The molecule has 0 bridgehead atoms. The molecule has 0 saturated heterocycles. The van der Waals surface area contributed by atoms with Crippen LogP contribution in [-0.4, -0.2) is 34.1 Å². The predicted molar refractivity (Wildman–Crippen MR) is 102 cm³/mol. The van der Waals surface area contributed by atoms with Gasteiger partial charge < -0.3 is 19.7 Å². The minimum atomic E-state index is -0.250. The predicted octanol–water partition coefficient (Wildman–Crippen LogP) is 2.35. The number of nitrogens with one attached hydrogen (secondary N) is 1. The molecule has 27 heavy (non-hydrogen) atoms. The molecule has 1 aromatic heterocycles. The number of hydrogen-bond donors (Lipinski definition) is 2. The number of ether oxygens (including phenoxy) is 1. The number of imidazole rings is 1. The molecule has 0 atom stereocenters. The molecule has 1 heterocycles.